The van der Waals surface area contributed by atoms with Crippen LogP contribution < -0.4 is 10.5 Å². The van der Waals surface area contributed by atoms with Crippen LogP contribution in [0.5, 0.6) is 5.75 Å². The molecule has 0 heterocycles. The molecule has 1 aliphatic rings. The van der Waals surface area contributed by atoms with Gasteiger partial charge in [0.15, 0.2) is 0 Å². The van der Waals surface area contributed by atoms with Crippen LogP contribution >= 0.6 is 0 Å². The van der Waals surface area contributed by atoms with Gasteiger partial charge in [0, 0.05) is 6.04 Å². The highest BCUT2D eigenvalue weighted by molar-refractivity contribution is 5.84. The van der Waals surface area contributed by atoms with Gasteiger partial charge in [0.05, 0.1) is 7.11 Å². The molecule has 0 aromatic heterocycles. The fraction of sp³-hybridized carbons (Fsp3) is 0.474. The highest BCUT2D eigenvalue weighted by Gasteiger charge is 2.17. The number of benzene rings is 2. The van der Waals surface area contributed by atoms with Gasteiger partial charge in [-0.15, -0.1) is 0 Å². The highest BCUT2D eigenvalue weighted by Crippen LogP contribution is 2.32. The number of hydrogen-bond acceptors (Lipinski definition) is 2. The Balaban J connectivity index is 1.76. The van der Waals surface area contributed by atoms with E-state index in [1.54, 1.807) is 7.11 Å². The van der Waals surface area contributed by atoms with Crippen LogP contribution in [0.15, 0.2) is 36.4 Å². The van der Waals surface area contributed by atoms with Crippen molar-refractivity contribution in [1.82, 2.24) is 0 Å². The van der Waals surface area contributed by atoms with Crippen LogP contribution in [0.2, 0.25) is 0 Å². The zero-order valence-electron chi connectivity index (χ0n) is 12.8. The van der Waals surface area contributed by atoms with Crippen molar-refractivity contribution in [2.45, 2.75) is 44.6 Å². The van der Waals surface area contributed by atoms with E-state index in [9.17, 15) is 0 Å². The maximum Gasteiger partial charge on any atom is 0.119 e. The third-order valence-electron chi connectivity index (χ3n) is 4.81. The summed E-state index contributed by atoms with van der Waals surface area (Å²) in [6.45, 7) is 0. The zero-order chi connectivity index (χ0) is 14.7. The molecule has 2 aromatic rings. The van der Waals surface area contributed by atoms with Gasteiger partial charge in [-0.1, -0.05) is 50.3 Å². The zero-order valence-corrected chi connectivity index (χ0v) is 12.8. The first-order valence-electron chi connectivity index (χ1n) is 8.09. The van der Waals surface area contributed by atoms with Crippen molar-refractivity contribution < 1.29 is 4.74 Å². The number of nitrogens with two attached hydrogens (primary N) is 1. The molecule has 0 saturated heterocycles. The molecule has 2 aromatic carbocycles. The van der Waals surface area contributed by atoms with Crippen LogP contribution in [0, 0.1) is 5.92 Å². The Labute approximate surface area is 127 Å². The van der Waals surface area contributed by atoms with Gasteiger partial charge in [0.25, 0.3) is 0 Å². The van der Waals surface area contributed by atoms with Gasteiger partial charge < -0.3 is 10.5 Å². The van der Waals surface area contributed by atoms with Crippen LogP contribution in [-0.4, -0.2) is 7.11 Å². The average Bonchev–Trinajstić information content (AvgIpc) is 2.54. The molecule has 0 spiro atoms. The number of hydrogen-bond donors (Lipinski definition) is 1. The number of fused-ring (bicyclic) bond motifs is 1. The van der Waals surface area contributed by atoms with Gasteiger partial charge in [-0.3, -0.25) is 0 Å². The van der Waals surface area contributed by atoms with E-state index in [2.05, 4.69) is 30.3 Å². The van der Waals surface area contributed by atoms with Crippen LogP contribution in [0.25, 0.3) is 10.8 Å². The third kappa shape index (κ3) is 3.38. The Hall–Kier alpha value is -1.54. The molecule has 3 rings (SSSR count). The Bertz CT molecular complexity index is 602. The summed E-state index contributed by atoms with van der Waals surface area (Å²) < 4.78 is 5.28. The fourth-order valence-electron chi connectivity index (χ4n) is 3.52. The summed E-state index contributed by atoms with van der Waals surface area (Å²) in [5.74, 6) is 1.72. The molecule has 0 bridgehead atoms. The normalized spacial score (nSPS) is 17.8. The first-order chi connectivity index (χ1) is 10.3. The lowest BCUT2D eigenvalue weighted by atomic mass is 9.83. The summed E-state index contributed by atoms with van der Waals surface area (Å²) in [5, 5.41) is 2.45. The monoisotopic (exact) mass is 283 g/mol. The average molecular weight is 283 g/mol. The van der Waals surface area contributed by atoms with Gasteiger partial charge >= 0.3 is 0 Å². The first kappa shape index (κ1) is 14.4. The molecular formula is C19H25NO. The molecule has 1 aliphatic carbocycles. The topological polar surface area (TPSA) is 35.2 Å². The van der Waals surface area contributed by atoms with Gasteiger partial charge in [0.1, 0.15) is 5.75 Å². The second-order valence-corrected chi connectivity index (χ2v) is 6.32. The van der Waals surface area contributed by atoms with Crippen LogP contribution in [0.3, 0.4) is 0 Å². The predicted molar refractivity (Wildman–Crippen MR) is 88.6 cm³/mol. The second kappa shape index (κ2) is 6.48. The van der Waals surface area contributed by atoms with Crippen molar-refractivity contribution in [2.75, 3.05) is 7.11 Å². The van der Waals surface area contributed by atoms with E-state index >= 15 is 0 Å². The van der Waals surface area contributed by atoms with Crippen molar-refractivity contribution in [3.05, 3.63) is 42.0 Å². The smallest absolute Gasteiger partial charge is 0.119 e. The van der Waals surface area contributed by atoms with Crippen molar-refractivity contribution >= 4 is 10.8 Å². The Kier molecular flexibility index (Phi) is 4.45. The first-order valence-corrected chi connectivity index (χ1v) is 8.09. The van der Waals surface area contributed by atoms with E-state index in [4.69, 9.17) is 10.5 Å². The molecule has 0 amide bonds. The van der Waals surface area contributed by atoms with Gasteiger partial charge in [0.2, 0.25) is 0 Å². The molecule has 1 atom stereocenters. The predicted octanol–water partition coefficient (Wildman–Crippen LogP) is 4.82. The highest BCUT2D eigenvalue weighted by atomic mass is 16.5. The van der Waals surface area contributed by atoms with Crippen LogP contribution in [0.4, 0.5) is 0 Å². The fourth-order valence-corrected chi connectivity index (χ4v) is 3.52. The van der Waals surface area contributed by atoms with Crippen LogP contribution in [-0.2, 0) is 0 Å². The van der Waals surface area contributed by atoms with E-state index in [-0.39, 0.29) is 6.04 Å². The standard InChI is InChI=1S/C19H25NO/c1-21-18-10-9-15-12-17(8-7-16(15)13-18)19(20)11-14-5-3-2-4-6-14/h7-10,12-14,19H,2-6,11,20H2,1H3. The minimum atomic E-state index is 0.166. The molecule has 21 heavy (non-hydrogen) atoms. The van der Waals surface area contributed by atoms with Crippen molar-refractivity contribution in [3.8, 4) is 5.75 Å². The number of rotatable bonds is 4. The molecular weight excluding hydrogens is 258 g/mol. The molecule has 2 N–H and O–H groups in total. The lowest BCUT2D eigenvalue weighted by molar-refractivity contribution is 0.319. The van der Waals surface area contributed by atoms with E-state index in [1.807, 2.05) is 6.07 Å². The third-order valence-corrected chi connectivity index (χ3v) is 4.81. The maximum atomic E-state index is 6.45. The summed E-state index contributed by atoms with van der Waals surface area (Å²) in [5.41, 5.74) is 7.71. The van der Waals surface area contributed by atoms with Gasteiger partial charge in [-0.2, -0.15) is 0 Å². The SMILES string of the molecule is COc1ccc2cc(C(N)CC3CCCCC3)ccc2c1. The second-order valence-electron chi connectivity index (χ2n) is 6.32. The molecule has 2 heteroatoms. The number of methoxy groups -OCH3 is 1. The summed E-state index contributed by atoms with van der Waals surface area (Å²) in [6, 6.07) is 12.9. The summed E-state index contributed by atoms with van der Waals surface area (Å²) in [7, 11) is 1.70. The molecule has 112 valence electrons. The van der Waals surface area contributed by atoms with E-state index in [0.29, 0.717) is 0 Å². The molecule has 0 aliphatic heterocycles. The van der Waals surface area contributed by atoms with E-state index in [0.717, 1.165) is 18.1 Å². The van der Waals surface area contributed by atoms with E-state index in [1.165, 1.54) is 48.4 Å². The molecule has 1 unspecified atom stereocenters. The molecule has 0 radical (unpaired) electrons. The summed E-state index contributed by atoms with van der Waals surface area (Å²) in [6.07, 6.45) is 8.02. The Morgan fingerprint density at radius 2 is 1.76 bits per heavy atom. The molecule has 1 fully saturated rings. The van der Waals surface area contributed by atoms with Gasteiger partial charge in [-0.25, -0.2) is 0 Å². The van der Waals surface area contributed by atoms with Crippen LogP contribution in [0.1, 0.15) is 50.1 Å². The maximum absolute atomic E-state index is 6.45. The lowest BCUT2D eigenvalue weighted by Gasteiger charge is -2.24. The molecule has 1 saturated carbocycles. The quantitative estimate of drug-likeness (QED) is 0.873. The van der Waals surface area contributed by atoms with E-state index < -0.39 is 0 Å². The van der Waals surface area contributed by atoms with Crippen molar-refractivity contribution in [2.24, 2.45) is 11.7 Å². The van der Waals surface area contributed by atoms with Crippen molar-refractivity contribution in [1.29, 1.82) is 0 Å². The summed E-state index contributed by atoms with van der Waals surface area (Å²) >= 11 is 0. The Morgan fingerprint density at radius 3 is 2.52 bits per heavy atom. The minimum Gasteiger partial charge on any atom is -0.497 e. The van der Waals surface area contributed by atoms with Gasteiger partial charge in [-0.05, 0) is 46.9 Å². The largest absolute Gasteiger partial charge is 0.497 e. The minimum absolute atomic E-state index is 0.166. The Morgan fingerprint density at radius 1 is 1.05 bits per heavy atom. The lowest BCUT2D eigenvalue weighted by Crippen LogP contribution is -2.17. The molecule has 2 nitrogen and oxygen atoms in total. The summed E-state index contributed by atoms with van der Waals surface area (Å²) in [4.78, 5) is 0. The van der Waals surface area contributed by atoms with Crippen molar-refractivity contribution in [3.63, 3.8) is 0 Å². The number of ether oxygens (including phenoxy) is 1.